The summed E-state index contributed by atoms with van der Waals surface area (Å²) >= 11 is 12.0. The molecule has 0 saturated heterocycles. The minimum Gasteiger partial charge on any atom is -0.298 e. The molecule has 0 spiro atoms. The van der Waals surface area contributed by atoms with Gasteiger partial charge in [-0.25, -0.2) is 9.48 Å². The fourth-order valence-corrected chi connectivity index (χ4v) is 3.81. The standard InChI is InChI=1S/C22H21Cl2N3O2/c1-14(16-3-2-4-18(24)12-16)11-20(28)13-26-22(29)27(19-9-10-19)21(25-26)15-5-7-17(23)8-6-15/h2-8,12,14,19H,9-11,13H2,1H3. The summed E-state index contributed by atoms with van der Waals surface area (Å²) in [7, 11) is 0. The summed E-state index contributed by atoms with van der Waals surface area (Å²) in [6, 6.07) is 14.9. The van der Waals surface area contributed by atoms with Gasteiger partial charge >= 0.3 is 5.69 Å². The molecule has 0 aliphatic heterocycles. The first-order valence-corrected chi connectivity index (χ1v) is 10.4. The van der Waals surface area contributed by atoms with Gasteiger partial charge in [0.25, 0.3) is 0 Å². The third-order valence-corrected chi connectivity index (χ3v) is 5.65. The predicted molar refractivity (Wildman–Crippen MR) is 115 cm³/mol. The minimum absolute atomic E-state index is 0.0122. The van der Waals surface area contributed by atoms with Crippen LogP contribution in [-0.4, -0.2) is 20.1 Å². The third-order valence-electron chi connectivity index (χ3n) is 5.16. The average molecular weight is 430 g/mol. The second-order valence-electron chi connectivity index (χ2n) is 7.57. The van der Waals surface area contributed by atoms with Crippen LogP contribution in [0.15, 0.2) is 53.3 Å². The highest BCUT2D eigenvalue weighted by molar-refractivity contribution is 6.30. The maximum atomic E-state index is 12.9. The number of ketones is 1. The van der Waals surface area contributed by atoms with E-state index in [0.717, 1.165) is 24.0 Å². The number of benzene rings is 2. The van der Waals surface area contributed by atoms with Crippen LogP contribution in [0.2, 0.25) is 10.0 Å². The van der Waals surface area contributed by atoms with Crippen molar-refractivity contribution < 1.29 is 4.79 Å². The lowest BCUT2D eigenvalue weighted by atomic mass is 9.96. The number of Topliss-reactive ketones (excluding diaryl/α,β-unsaturated/α-hetero) is 1. The molecule has 5 nitrogen and oxygen atoms in total. The summed E-state index contributed by atoms with van der Waals surface area (Å²) in [4.78, 5) is 25.6. The van der Waals surface area contributed by atoms with Gasteiger partial charge in [0.2, 0.25) is 0 Å². The Bertz CT molecular complexity index is 1100. The molecule has 29 heavy (non-hydrogen) atoms. The van der Waals surface area contributed by atoms with Crippen molar-refractivity contribution in [3.63, 3.8) is 0 Å². The Labute approximate surface area is 178 Å². The number of halogens is 2. The lowest BCUT2D eigenvalue weighted by molar-refractivity contribution is -0.120. The summed E-state index contributed by atoms with van der Waals surface area (Å²) in [6.07, 6.45) is 2.22. The van der Waals surface area contributed by atoms with Crippen molar-refractivity contribution in [1.29, 1.82) is 0 Å². The van der Waals surface area contributed by atoms with Crippen LogP contribution in [0.25, 0.3) is 11.4 Å². The summed E-state index contributed by atoms with van der Waals surface area (Å²) in [5.41, 5.74) is 1.58. The Balaban J connectivity index is 1.55. The van der Waals surface area contributed by atoms with Crippen molar-refractivity contribution in [3.05, 3.63) is 74.6 Å². The normalized spacial score (nSPS) is 14.7. The van der Waals surface area contributed by atoms with Crippen molar-refractivity contribution in [3.8, 4) is 11.4 Å². The zero-order valence-electron chi connectivity index (χ0n) is 16.0. The number of rotatable bonds is 7. The number of aromatic nitrogens is 3. The van der Waals surface area contributed by atoms with Crippen LogP contribution in [0, 0.1) is 0 Å². The zero-order valence-corrected chi connectivity index (χ0v) is 17.5. The fourth-order valence-electron chi connectivity index (χ4n) is 3.48. The van der Waals surface area contributed by atoms with Gasteiger partial charge in [-0.1, -0.05) is 42.3 Å². The molecule has 1 heterocycles. The van der Waals surface area contributed by atoms with Crippen LogP contribution in [0.5, 0.6) is 0 Å². The Morgan fingerprint density at radius 2 is 1.86 bits per heavy atom. The van der Waals surface area contributed by atoms with E-state index < -0.39 is 0 Å². The van der Waals surface area contributed by atoms with Gasteiger partial charge in [0.05, 0.1) is 0 Å². The van der Waals surface area contributed by atoms with Crippen molar-refractivity contribution in [1.82, 2.24) is 14.3 Å². The topological polar surface area (TPSA) is 56.9 Å². The van der Waals surface area contributed by atoms with E-state index in [2.05, 4.69) is 5.10 Å². The molecule has 150 valence electrons. The maximum Gasteiger partial charge on any atom is 0.346 e. The minimum atomic E-state index is -0.235. The number of hydrogen-bond donors (Lipinski definition) is 0. The molecule has 0 amide bonds. The van der Waals surface area contributed by atoms with E-state index in [0.29, 0.717) is 22.3 Å². The summed E-state index contributed by atoms with van der Waals surface area (Å²) in [6.45, 7) is 1.94. The monoisotopic (exact) mass is 429 g/mol. The molecule has 1 saturated carbocycles. The third kappa shape index (κ3) is 4.46. The van der Waals surface area contributed by atoms with E-state index in [1.54, 1.807) is 16.7 Å². The van der Waals surface area contributed by atoms with Crippen LogP contribution in [0.1, 0.15) is 43.7 Å². The highest BCUT2D eigenvalue weighted by atomic mass is 35.5. The molecule has 4 rings (SSSR count). The molecular weight excluding hydrogens is 409 g/mol. The molecule has 7 heteroatoms. The zero-order chi connectivity index (χ0) is 20.5. The van der Waals surface area contributed by atoms with Crippen molar-refractivity contribution in [2.45, 2.75) is 44.7 Å². The van der Waals surface area contributed by atoms with Gasteiger partial charge in [-0.15, -0.1) is 5.10 Å². The molecule has 3 aromatic rings. The molecule has 1 aliphatic carbocycles. The molecule has 0 N–H and O–H groups in total. The van der Waals surface area contributed by atoms with Crippen LogP contribution in [0.3, 0.4) is 0 Å². The predicted octanol–water partition coefficient (Wildman–Crippen LogP) is 5.12. The molecule has 2 aromatic carbocycles. The molecule has 1 fully saturated rings. The molecule has 0 bridgehead atoms. The summed E-state index contributed by atoms with van der Waals surface area (Å²) in [5.74, 6) is 0.561. The second-order valence-corrected chi connectivity index (χ2v) is 8.44. The lowest BCUT2D eigenvalue weighted by Crippen LogP contribution is -2.28. The first-order valence-electron chi connectivity index (χ1n) is 9.65. The highest BCUT2D eigenvalue weighted by Gasteiger charge is 2.30. The second kappa shape index (κ2) is 8.17. The van der Waals surface area contributed by atoms with Crippen LogP contribution >= 0.6 is 23.2 Å². The van der Waals surface area contributed by atoms with Gasteiger partial charge in [0.15, 0.2) is 11.6 Å². The smallest absolute Gasteiger partial charge is 0.298 e. The maximum absolute atomic E-state index is 12.9. The first kappa shape index (κ1) is 19.9. The molecule has 1 aromatic heterocycles. The van der Waals surface area contributed by atoms with E-state index in [-0.39, 0.29) is 30.0 Å². The Kier molecular flexibility index (Phi) is 5.61. The van der Waals surface area contributed by atoms with Gasteiger partial charge in [-0.05, 0) is 60.7 Å². The fraction of sp³-hybridized carbons (Fsp3) is 0.318. The van der Waals surface area contributed by atoms with Crippen LogP contribution < -0.4 is 5.69 Å². The van der Waals surface area contributed by atoms with Gasteiger partial charge in [-0.2, -0.15) is 0 Å². The Morgan fingerprint density at radius 3 is 2.52 bits per heavy atom. The highest BCUT2D eigenvalue weighted by Crippen LogP contribution is 2.36. The summed E-state index contributed by atoms with van der Waals surface area (Å²) < 4.78 is 2.99. The number of nitrogens with zero attached hydrogens (tertiary/aromatic N) is 3. The van der Waals surface area contributed by atoms with Crippen LogP contribution in [0.4, 0.5) is 0 Å². The van der Waals surface area contributed by atoms with E-state index in [4.69, 9.17) is 23.2 Å². The number of carbonyl (C=O) groups is 1. The molecule has 1 aliphatic rings. The molecule has 1 atom stereocenters. The largest absolute Gasteiger partial charge is 0.346 e. The van der Waals surface area contributed by atoms with Gasteiger partial charge in [0, 0.05) is 28.1 Å². The number of carbonyl (C=O) groups excluding carboxylic acids is 1. The molecular formula is C22H21Cl2N3O2. The van der Waals surface area contributed by atoms with Gasteiger partial charge in [-0.3, -0.25) is 9.36 Å². The van der Waals surface area contributed by atoms with E-state index in [1.807, 2.05) is 43.3 Å². The van der Waals surface area contributed by atoms with Crippen molar-refractivity contribution >= 4 is 29.0 Å². The first-order chi connectivity index (χ1) is 13.9. The Hall–Kier alpha value is -2.37. The summed E-state index contributed by atoms with van der Waals surface area (Å²) in [5, 5.41) is 5.76. The van der Waals surface area contributed by atoms with E-state index in [1.165, 1.54) is 4.68 Å². The molecule has 1 unspecified atom stereocenters. The van der Waals surface area contributed by atoms with E-state index in [9.17, 15) is 9.59 Å². The van der Waals surface area contributed by atoms with Gasteiger partial charge in [0.1, 0.15) is 6.54 Å². The van der Waals surface area contributed by atoms with Gasteiger partial charge < -0.3 is 0 Å². The SMILES string of the molecule is CC(CC(=O)Cn1nc(-c2ccc(Cl)cc2)n(C2CC2)c1=O)c1cccc(Cl)c1. The average Bonchev–Trinajstić information content (AvgIpc) is 3.47. The van der Waals surface area contributed by atoms with Crippen LogP contribution in [-0.2, 0) is 11.3 Å². The Morgan fingerprint density at radius 1 is 1.14 bits per heavy atom. The van der Waals surface area contributed by atoms with E-state index >= 15 is 0 Å². The lowest BCUT2D eigenvalue weighted by Gasteiger charge is -2.11. The number of hydrogen-bond acceptors (Lipinski definition) is 3. The quantitative estimate of drug-likeness (QED) is 0.523. The van der Waals surface area contributed by atoms with Crippen molar-refractivity contribution in [2.75, 3.05) is 0 Å². The van der Waals surface area contributed by atoms with Crippen molar-refractivity contribution in [2.24, 2.45) is 0 Å². The molecule has 0 radical (unpaired) electrons.